The lowest BCUT2D eigenvalue weighted by molar-refractivity contribution is -0.0893. The largest absolute Gasteiger partial charge is 0.427 e. The fraction of sp³-hybridized carbons (Fsp3) is 0.273. The molecule has 1 heterocycles. The Labute approximate surface area is 169 Å². The fourth-order valence-corrected chi connectivity index (χ4v) is 4.49. The van der Waals surface area contributed by atoms with Crippen LogP contribution in [0.1, 0.15) is 27.7 Å². The summed E-state index contributed by atoms with van der Waals surface area (Å²) in [5.41, 5.74) is -0.902. The van der Waals surface area contributed by atoms with Gasteiger partial charge in [0.1, 0.15) is 0 Å². The first-order valence-corrected chi connectivity index (χ1v) is 10.1. The molecule has 4 aromatic rings. The van der Waals surface area contributed by atoms with Crippen molar-refractivity contribution in [3.8, 4) is 0 Å². The molecule has 137 valence electrons. The van der Waals surface area contributed by atoms with E-state index >= 15 is 0 Å². The third-order valence-electron chi connectivity index (χ3n) is 5.42. The number of hydrogen-bond donors (Lipinski definition) is 1. The van der Waals surface area contributed by atoms with Crippen molar-refractivity contribution in [2.45, 2.75) is 38.9 Å². The van der Waals surface area contributed by atoms with Crippen molar-refractivity contribution >= 4 is 66.8 Å². The van der Waals surface area contributed by atoms with E-state index in [0.29, 0.717) is 5.02 Å². The van der Waals surface area contributed by atoms with Gasteiger partial charge in [-0.2, -0.15) is 0 Å². The van der Waals surface area contributed by atoms with Crippen molar-refractivity contribution in [3.63, 3.8) is 0 Å². The van der Waals surface area contributed by atoms with Crippen LogP contribution in [0, 0.1) is 0 Å². The quantitative estimate of drug-likeness (QED) is 0.451. The maximum Gasteiger partial charge on any atom is 0.332 e. The SMILES string of the molecule is CC(C)(O)C(C)(C)O[B]c1ccc2sc3cc4ccccc4cc3c2c1Cl. The summed E-state index contributed by atoms with van der Waals surface area (Å²) in [5.74, 6) is 0. The molecule has 1 N–H and O–H groups in total. The highest BCUT2D eigenvalue weighted by Gasteiger charge is 2.36. The van der Waals surface area contributed by atoms with Crippen LogP contribution < -0.4 is 5.46 Å². The molecule has 0 saturated heterocycles. The minimum Gasteiger partial charge on any atom is -0.427 e. The van der Waals surface area contributed by atoms with E-state index in [9.17, 15) is 5.11 Å². The van der Waals surface area contributed by atoms with E-state index in [1.54, 1.807) is 32.7 Å². The lowest BCUT2D eigenvalue weighted by Gasteiger charge is -2.37. The number of hydrogen-bond acceptors (Lipinski definition) is 3. The van der Waals surface area contributed by atoms with Crippen molar-refractivity contribution in [3.05, 3.63) is 53.6 Å². The molecule has 2 nitrogen and oxygen atoms in total. The number of thiophene rings is 1. The predicted molar refractivity (Wildman–Crippen MR) is 119 cm³/mol. The number of benzene rings is 3. The molecule has 3 aromatic carbocycles. The minimum atomic E-state index is -0.978. The van der Waals surface area contributed by atoms with Gasteiger partial charge in [0, 0.05) is 25.2 Å². The van der Waals surface area contributed by atoms with Gasteiger partial charge in [0.2, 0.25) is 0 Å². The average Bonchev–Trinajstić information content (AvgIpc) is 2.96. The van der Waals surface area contributed by atoms with Crippen molar-refractivity contribution in [1.29, 1.82) is 0 Å². The number of fused-ring (bicyclic) bond motifs is 4. The first kappa shape index (κ1) is 18.8. The monoisotopic (exact) mass is 395 g/mol. The molecule has 0 aliphatic carbocycles. The normalized spacial score (nSPS) is 13.0. The lowest BCUT2D eigenvalue weighted by atomic mass is 9.82. The van der Waals surface area contributed by atoms with Crippen LogP contribution in [-0.4, -0.2) is 23.8 Å². The van der Waals surface area contributed by atoms with Crippen LogP contribution >= 0.6 is 22.9 Å². The van der Waals surface area contributed by atoms with Gasteiger partial charge in [-0.05, 0) is 62.1 Å². The standard InChI is InChI=1S/C22H21BClO2S/c1-21(2,25)22(3,4)26-23-16-9-10-17-19(20(16)24)15-11-13-7-5-6-8-14(13)12-18(15)27-17/h5-12,25H,1-4H3. The highest BCUT2D eigenvalue weighted by Crippen LogP contribution is 2.39. The molecule has 0 aliphatic heterocycles. The van der Waals surface area contributed by atoms with Gasteiger partial charge < -0.3 is 9.76 Å². The van der Waals surface area contributed by atoms with Crippen LogP contribution in [0.4, 0.5) is 0 Å². The number of halogens is 1. The van der Waals surface area contributed by atoms with Gasteiger partial charge in [-0.15, -0.1) is 11.3 Å². The van der Waals surface area contributed by atoms with Crippen LogP contribution in [0.2, 0.25) is 5.02 Å². The predicted octanol–water partition coefficient (Wildman–Crippen LogP) is 5.67. The molecule has 4 rings (SSSR count). The number of rotatable bonds is 4. The van der Waals surface area contributed by atoms with Crippen LogP contribution in [0.5, 0.6) is 0 Å². The van der Waals surface area contributed by atoms with Gasteiger partial charge in [0.25, 0.3) is 0 Å². The van der Waals surface area contributed by atoms with Crippen LogP contribution in [0.3, 0.4) is 0 Å². The Morgan fingerprint density at radius 2 is 1.63 bits per heavy atom. The maximum atomic E-state index is 10.3. The van der Waals surface area contributed by atoms with Crippen molar-refractivity contribution in [2.24, 2.45) is 0 Å². The summed E-state index contributed by atoms with van der Waals surface area (Å²) < 4.78 is 8.29. The molecule has 27 heavy (non-hydrogen) atoms. The van der Waals surface area contributed by atoms with E-state index in [2.05, 4.69) is 42.5 Å². The maximum absolute atomic E-state index is 10.3. The summed E-state index contributed by atoms with van der Waals surface area (Å²) in [5, 5.41) is 15.6. The molecular weight excluding hydrogens is 375 g/mol. The molecular formula is C22H21BClO2S. The fourth-order valence-electron chi connectivity index (χ4n) is 2.97. The van der Waals surface area contributed by atoms with Gasteiger partial charge in [-0.3, -0.25) is 0 Å². The summed E-state index contributed by atoms with van der Waals surface area (Å²) in [6.45, 7) is 7.20. The third-order valence-corrected chi connectivity index (χ3v) is 6.95. The van der Waals surface area contributed by atoms with Crippen molar-refractivity contribution < 1.29 is 9.76 Å². The van der Waals surface area contributed by atoms with Crippen molar-refractivity contribution in [1.82, 2.24) is 0 Å². The lowest BCUT2D eigenvalue weighted by Crippen LogP contribution is -2.49. The molecule has 0 bridgehead atoms. The Morgan fingerprint density at radius 3 is 2.30 bits per heavy atom. The molecule has 0 saturated carbocycles. The van der Waals surface area contributed by atoms with Gasteiger partial charge >= 0.3 is 7.48 Å². The molecule has 0 unspecified atom stereocenters. The molecule has 0 fully saturated rings. The Kier molecular flexibility index (Phi) is 4.51. The van der Waals surface area contributed by atoms with Crippen LogP contribution in [0.25, 0.3) is 30.9 Å². The van der Waals surface area contributed by atoms with Gasteiger partial charge in [-0.25, -0.2) is 0 Å². The van der Waals surface area contributed by atoms with Crippen LogP contribution in [-0.2, 0) is 4.65 Å². The molecule has 1 aromatic heterocycles. The van der Waals surface area contributed by atoms with E-state index in [-0.39, 0.29) is 0 Å². The Balaban J connectivity index is 1.81. The zero-order valence-corrected chi connectivity index (χ0v) is 17.4. The van der Waals surface area contributed by atoms with E-state index < -0.39 is 11.2 Å². The molecule has 1 radical (unpaired) electrons. The minimum absolute atomic E-state index is 0.681. The summed E-state index contributed by atoms with van der Waals surface area (Å²) in [6.07, 6.45) is 0. The van der Waals surface area contributed by atoms with E-state index in [1.165, 1.54) is 15.5 Å². The van der Waals surface area contributed by atoms with Gasteiger partial charge in [0.15, 0.2) is 0 Å². The summed E-state index contributed by atoms with van der Waals surface area (Å²) in [7, 11) is 1.66. The topological polar surface area (TPSA) is 29.5 Å². The molecule has 5 heteroatoms. The summed E-state index contributed by atoms with van der Waals surface area (Å²) in [4.78, 5) is 0. The van der Waals surface area contributed by atoms with Gasteiger partial charge in [0.05, 0.1) is 11.2 Å². The van der Waals surface area contributed by atoms with E-state index in [1.807, 2.05) is 19.9 Å². The molecule has 0 spiro atoms. The van der Waals surface area contributed by atoms with E-state index in [0.717, 1.165) is 20.9 Å². The van der Waals surface area contributed by atoms with Crippen LogP contribution in [0.15, 0.2) is 48.5 Å². The third kappa shape index (κ3) is 3.25. The highest BCUT2D eigenvalue weighted by atomic mass is 35.5. The first-order chi connectivity index (χ1) is 12.7. The first-order valence-electron chi connectivity index (χ1n) is 8.94. The highest BCUT2D eigenvalue weighted by molar-refractivity contribution is 7.26. The summed E-state index contributed by atoms with van der Waals surface area (Å²) in [6, 6.07) is 16.9. The summed E-state index contributed by atoms with van der Waals surface area (Å²) >= 11 is 8.54. The average molecular weight is 396 g/mol. The zero-order valence-electron chi connectivity index (χ0n) is 15.8. The second-order valence-corrected chi connectivity index (χ2v) is 9.41. The van der Waals surface area contributed by atoms with Crippen molar-refractivity contribution in [2.75, 3.05) is 0 Å². The number of aliphatic hydroxyl groups is 1. The zero-order chi connectivity index (χ0) is 19.4. The molecule has 0 amide bonds. The van der Waals surface area contributed by atoms with E-state index in [4.69, 9.17) is 16.3 Å². The Hall–Kier alpha value is -1.59. The Bertz CT molecular complexity index is 1160. The van der Waals surface area contributed by atoms with Gasteiger partial charge in [-0.1, -0.05) is 41.9 Å². The molecule has 0 atom stereocenters. The second-order valence-electron chi connectivity index (χ2n) is 7.94. The molecule has 0 aliphatic rings. The Morgan fingerprint density at radius 1 is 0.963 bits per heavy atom. The second kappa shape index (κ2) is 6.49. The smallest absolute Gasteiger partial charge is 0.332 e.